The van der Waals surface area contributed by atoms with Crippen LogP contribution in [0.4, 0.5) is 0 Å². The third kappa shape index (κ3) is 15.8. The zero-order valence-corrected chi connectivity index (χ0v) is 15.3. The Kier molecular flexibility index (Phi) is 15.6. The molecule has 0 aromatic carbocycles. The van der Waals surface area contributed by atoms with E-state index in [0.717, 1.165) is 0 Å². The van der Waals surface area contributed by atoms with Gasteiger partial charge in [0, 0.05) is 0 Å². The van der Waals surface area contributed by atoms with Gasteiger partial charge in [-0.05, 0) is 0 Å². The van der Waals surface area contributed by atoms with Crippen molar-refractivity contribution >= 4 is 33.9 Å². The first kappa shape index (κ1) is 20.6. The monoisotopic (exact) mass is 414 g/mol. The Morgan fingerprint density at radius 3 is 1.52 bits per heavy atom. The van der Waals surface area contributed by atoms with Crippen molar-refractivity contribution in [2.45, 2.75) is 12.8 Å². The molecule has 0 fully saturated rings. The molecular weight excluding hydrogens is 391 g/mol. The summed E-state index contributed by atoms with van der Waals surface area (Å²) in [6, 6.07) is 0. The average molecular weight is 413 g/mol. The molecule has 0 unspecified atom stereocenters. The first-order valence-electron chi connectivity index (χ1n) is 6.48. The molecule has 0 heterocycles. The van der Waals surface area contributed by atoms with Crippen LogP contribution in [-0.2, 0) is 34.7 Å². The van der Waals surface area contributed by atoms with Crippen LogP contribution in [0.15, 0.2) is 0 Å². The minimum absolute atomic E-state index is 0.246. The second kappa shape index (κ2) is 16.0. The minimum atomic E-state index is -1.30. The van der Waals surface area contributed by atoms with Crippen LogP contribution in [0.3, 0.4) is 0 Å². The second-order valence-electron chi connectivity index (χ2n) is 3.66. The molecule has 9 heteroatoms. The van der Waals surface area contributed by atoms with E-state index >= 15 is 0 Å². The number of ether oxygens (including phenoxy) is 4. The molecule has 0 atom stereocenters. The van der Waals surface area contributed by atoms with E-state index in [0.29, 0.717) is 39.6 Å². The van der Waals surface area contributed by atoms with Gasteiger partial charge in [0.2, 0.25) is 0 Å². The number of hydrogen-bond acceptors (Lipinski definition) is 8. The number of hydrogen-bond donors (Lipinski definition) is 0. The van der Waals surface area contributed by atoms with E-state index in [4.69, 9.17) is 15.6 Å². The predicted molar refractivity (Wildman–Crippen MR) is 72.6 cm³/mol. The number of carbonyl (C=O) groups excluding carboxylic acids is 2. The van der Waals surface area contributed by atoms with E-state index in [1.54, 1.807) is 0 Å². The summed E-state index contributed by atoms with van der Waals surface area (Å²) in [6.07, 6.45) is 0.492. The van der Waals surface area contributed by atoms with Crippen molar-refractivity contribution in [1.82, 2.24) is 0 Å². The van der Waals surface area contributed by atoms with Gasteiger partial charge in [-0.1, -0.05) is 0 Å². The van der Waals surface area contributed by atoms with Crippen molar-refractivity contribution in [3.05, 3.63) is 0 Å². The maximum absolute atomic E-state index is 10.8. The summed E-state index contributed by atoms with van der Waals surface area (Å²) >= 11 is -1.30. The standard InChI is InChI=1S/2C6H11O4.Sn/c2*1-9-6(8)2-4-10-5-3-7;/h2*2-5H2,1H3;/q2*-1;+2. The van der Waals surface area contributed by atoms with E-state index in [1.165, 1.54) is 14.2 Å². The van der Waals surface area contributed by atoms with Gasteiger partial charge in [0.05, 0.1) is 0 Å². The molecule has 0 bridgehead atoms. The molecule has 21 heavy (non-hydrogen) atoms. The molecule has 0 N–H and O–H groups in total. The summed E-state index contributed by atoms with van der Waals surface area (Å²) < 4.78 is 29.9. The molecule has 0 aromatic rings. The van der Waals surface area contributed by atoms with Crippen molar-refractivity contribution < 1.29 is 34.7 Å². The summed E-state index contributed by atoms with van der Waals surface area (Å²) in [5, 5.41) is 0. The fourth-order valence-corrected chi connectivity index (χ4v) is 2.23. The fourth-order valence-electron chi connectivity index (χ4n) is 1.05. The van der Waals surface area contributed by atoms with Crippen LogP contribution in [0, 0.1) is 0 Å². The topological polar surface area (TPSA) is 89.5 Å². The van der Waals surface area contributed by atoms with E-state index < -0.39 is 22.0 Å². The van der Waals surface area contributed by atoms with Gasteiger partial charge in [0.25, 0.3) is 0 Å². The van der Waals surface area contributed by atoms with Gasteiger partial charge in [0.15, 0.2) is 0 Å². The molecule has 0 aromatic heterocycles. The van der Waals surface area contributed by atoms with Gasteiger partial charge in [0.1, 0.15) is 0 Å². The van der Waals surface area contributed by atoms with Crippen LogP contribution in [0.2, 0.25) is 0 Å². The predicted octanol–water partition coefficient (Wildman–Crippen LogP) is -0.287. The summed E-state index contributed by atoms with van der Waals surface area (Å²) in [7, 11) is 2.68. The van der Waals surface area contributed by atoms with Gasteiger partial charge in [-0.15, -0.1) is 0 Å². The Morgan fingerprint density at radius 2 is 1.14 bits per heavy atom. The molecule has 0 saturated carbocycles. The number of esters is 2. The molecule has 0 aliphatic carbocycles. The zero-order valence-electron chi connectivity index (χ0n) is 12.4. The van der Waals surface area contributed by atoms with Crippen LogP contribution in [0.1, 0.15) is 12.8 Å². The molecule has 0 spiro atoms. The normalized spacial score (nSPS) is 10.4. The van der Waals surface area contributed by atoms with E-state index in [9.17, 15) is 9.59 Å². The second-order valence-corrected chi connectivity index (χ2v) is 5.78. The SMILES string of the molecule is COC(=O)CCOCC[O][Sn][O]CCOCCC(=O)OC. The molecule has 122 valence electrons. The van der Waals surface area contributed by atoms with Crippen molar-refractivity contribution in [1.29, 1.82) is 0 Å². The summed E-state index contributed by atoms with van der Waals surface area (Å²) in [5.41, 5.74) is 0. The number of carbonyl (C=O) groups is 2. The van der Waals surface area contributed by atoms with Gasteiger partial charge in [-0.2, -0.15) is 0 Å². The van der Waals surface area contributed by atoms with Crippen LogP contribution >= 0.6 is 0 Å². The van der Waals surface area contributed by atoms with Crippen LogP contribution in [0.5, 0.6) is 0 Å². The van der Waals surface area contributed by atoms with E-state index in [1.807, 2.05) is 0 Å². The van der Waals surface area contributed by atoms with Crippen molar-refractivity contribution in [3.63, 3.8) is 0 Å². The maximum atomic E-state index is 10.8. The Balaban J connectivity index is 3.06. The molecule has 0 amide bonds. The van der Waals surface area contributed by atoms with Crippen LogP contribution in [0.25, 0.3) is 0 Å². The third-order valence-corrected chi connectivity index (χ3v) is 3.97. The average Bonchev–Trinajstić information content (AvgIpc) is 2.51. The summed E-state index contributed by atoms with van der Waals surface area (Å²) in [4.78, 5) is 21.5. The molecule has 8 nitrogen and oxygen atoms in total. The Morgan fingerprint density at radius 1 is 0.714 bits per heavy atom. The summed E-state index contributed by atoms with van der Waals surface area (Å²) in [6.45, 7) is 2.42. The number of methoxy groups -OCH3 is 2. The molecule has 0 aliphatic rings. The third-order valence-electron chi connectivity index (χ3n) is 2.13. The van der Waals surface area contributed by atoms with Gasteiger partial charge >= 0.3 is 135 Å². The van der Waals surface area contributed by atoms with Crippen molar-refractivity contribution in [2.75, 3.05) is 53.9 Å². The molecular formula is C12H22O8Sn. The summed E-state index contributed by atoms with van der Waals surface area (Å²) in [5.74, 6) is -0.578. The molecule has 0 aliphatic heterocycles. The van der Waals surface area contributed by atoms with Gasteiger partial charge in [-0.25, -0.2) is 0 Å². The zero-order chi connectivity index (χ0) is 15.8. The van der Waals surface area contributed by atoms with Crippen LogP contribution in [-0.4, -0.2) is 87.8 Å². The van der Waals surface area contributed by atoms with Crippen molar-refractivity contribution in [3.8, 4) is 0 Å². The number of rotatable bonds is 14. The quantitative estimate of drug-likeness (QED) is 0.218. The van der Waals surface area contributed by atoms with Crippen molar-refractivity contribution in [2.24, 2.45) is 0 Å². The van der Waals surface area contributed by atoms with Gasteiger partial charge in [-0.3, -0.25) is 0 Å². The molecule has 2 radical (unpaired) electrons. The first-order valence-corrected chi connectivity index (χ1v) is 8.81. The van der Waals surface area contributed by atoms with Gasteiger partial charge < -0.3 is 0 Å². The van der Waals surface area contributed by atoms with E-state index in [2.05, 4.69) is 9.47 Å². The first-order chi connectivity index (χ1) is 10.2. The van der Waals surface area contributed by atoms with Crippen LogP contribution < -0.4 is 0 Å². The van der Waals surface area contributed by atoms with E-state index in [-0.39, 0.29) is 24.8 Å². The Hall–Kier alpha value is -0.421. The fraction of sp³-hybridized carbons (Fsp3) is 0.833. The Bertz CT molecular complexity index is 248. The Labute approximate surface area is 135 Å². The molecule has 0 saturated heterocycles. The molecule has 0 rings (SSSR count).